The van der Waals surface area contributed by atoms with E-state index in [1.54, 1.807) is 30.3 Å². The zero-order valence-corrected chi connectivity index (χ0v) is 17.0. The molecule has 0 saturated carbocycles. The minimum atomic E-state index is -1.19. The molecule has 1 aromatic heterocycles. The van der Waals surface area contributed by atoms with Crippen LogP contribution >= 0.6 is 0 Å². The van der Waals surface area contributed by atoms with Gasteiger partial charge in [0.15, 0.2) is 0 Å². The van der Waals surface area contributed by atoms with Gasteiger partial charge >= 0.3 is 5.97 Å². The zero-order chi connectivity index (χ0) is 22.8. The molecule has 2 rings (SSSR count). The van der Waals surface area contributed by atoms with Crippen LogP contribution < -0.4 is 21.7 Å². The number of H-pyrrole nitrogens is 1. The number of hydrogen-bond acceptors (Lipinski definition) is 6. The number of carboxylic acids is 1. The first-order valence-electron chi connectivity index (χ1n) is 9.63. The lowest BCUT2D eigenvalue weighted by molar-refractivity contribution is -0.141. The molecule has 11 nitrogen and oxygen atoms in total. The van der Waals surface area contributed by atoms with E-state index in [9.17, 15) is 24.3 Å². The molecule has 1 heterocycles. The van der Waals surface area contributed by atoms with Gasteiger partial charge in [0.1, 0.15) is 12.1 Å². The summed E-state index contributed by atoms with van der Waals surface area (Å²) >= 11 is 0. The molecule has 1 aromatic carbocycles. The van der Waals surface area contributed by atoms with Gasteiger partial charge < -0.3 is 31.8 Å². The largest absolute Gasteiger partial charge is 0.480 e. The van der Waals surface area contributed by atoms with Crippen LogP contribution in [-0.4, -0.2) is 63.4 Å². The van der Waals surface area contributed by atoms with E-state index in [2.05, 4.69) is 25.9 Å². The molecule has 0 bridgehead atoms. The zero-order valence-electron chi connectivity index (χ0n) is 17.0. The van der Waals surface area contributed by atoms with Crippen LogP contribution in [0.15, 0.2) is 42.9 Å². The normalized spacial score (nSPS) is 13.5. The van der Waals surface area contributed by atoms with Gasteiger partial charge in [-0.3, -0.25) is 14.4 Å². The number of amides is 3. The summed E-state index contributed by atoms with van der Waals surface area (Å²) in [5, 5.41) is 16.7. The Kier molecular flexibility index (Phi) is 8.70. The van der Waals surface area contributed by atoms with Crippen LogP contribution in [0.1, 0.15) is 18.2 Å². The molecule has 3 atom stereocenters. The average Bonchev–Trinajstić information content (AvgIpc) is 3.24. The summed E-state index contributed by atoms with van der Waals surface area (Å²) in [4.78, 5) is 54.9. The van der Waals surface area contributed by atoms with Crippen molar-refractivity contribution in [3.8, 4) is 0 Å². The highest BCUT2D eigenvalue weighted by Gasteiger charge is 2.25. The number of aliphatic carboxylic acids is 1. The number of carbonyl (C=O) groups excluding carboxylic acids is 3. The second-order valence-corrected chi connectivity index (χ2v) is 7.00. The van der Waals surface area contributed by atoms with Gasteiger partial charge in [-0.1, -0.05) is 30.3 Å². The van der Waals surface area contributed by atoms with Gasteiger partial charge in [-0.25, -0.2) is 9.78 Å². The lowest BCUT2D eigenvalue weighted by Gasteiger charge is -2.19. The quantitative estimate of drug-likeness (QED) is 0.257. The Labute approximate surface area is 178 Å². The second kappa shape index (κ2) is 11.5. The van der Waals surface area contributed by atoms with E-state index in [-0.39, 0.29) is 12.8 Å². The molecular formula is C20H26N6O5. The van der Waals surface area contributed by atoms with Crippen molar-refractivity contribution in [1.29, 1.82) is 0 Å². The van der Waals surface area contributed by atoms with E-state index in [1.807, 2.05) is 0 Å². The Hall–Kier alpha value is -3.73. The van der Waals surface area contributed by atoms with Crippen LogP contribution in [0.3, 0.4) is 0 Å². The number of hydrogen-bond donors (Lipinski definition) is 6. The van der Waals surface area contributed by atoms with E-state index >= 15 is 0 Å². The lowest BCUT2D eigenvalue weighted by atomic mass is 10.1. The fourth-order valence-electron chi connectivity index (χ4n) is 2.71. The number of aromatic amines is 1. The van der Waals surface area contributed by atoms with Gasteiger partial charge in [0.25, 0.3) is 0 Å². The SMILES string of the molecule is CC(N)C(=O)NC(Cc1cnc[nH]1)C(=O)NCC(=O)NC(Cc1ccccc1)C(=O)O. The molecule has 3 unspecified atom stereocenters. The number of nitrogens with one attached hydrogen (secondary N) is 4. The second-order valence-electron chi connectivity index (χ2n) is 7.00. The summed E-state index contributed by atoms with van der Waals surface area (Å²) in [5.41, 5.74) is 6.89. The number of carbonyl (C=O) groups is 4. The Bertz CT molecular complexity index is 885. The Morgan fingerprint density at radius 2 is 1.77 bits per heavy atom. The molecule has 0 aliphatic rings. The van der Waals surface area contributed by atoms with Crippen molar-refractivity contribution in [1.82, 2.24) is 25.9 Å². The molecule has 0 aliphatic heterocycles. The predicted molar refractivity (Wildman–Crippen MR) is 111 cm³/mol. The molecule has 0 spiro atoms. The third-order valence-electron chi connectivity index (χ3n) is 4.36. The molecule has 7 N–H and O–H groups in total. The molecule has 0 radical (unpaired) electrons. The topological polar surface area (TPSA) is 179 Å². The number of rotatable bonds is 11. The molecule has 31 heavy (non-hydrogen) atoms. The molecule has 0 fully saturated rings. The highest BCUT2D eigenvalue weighted by molar-refractivity contribution is 5.92. The van der Waals surface area contributed by atoms with Crippen LogP contribution in [0.25, 0.3) is 0 Å². The summed E-state index contributed by atoms with van der Waals surface area (Å²) in [6.07, 6.45) is 3.15. The third kappa shape index (κ3) is 7.90. The number of nitrogens with zero attached hydrogens (tertiary/aromatic N) is 1. The molecule has 2 aromatic rings. The van der Waals surface area contributed by atoms with Crippen molar-refractivity contribution < 1.29 is 24.3 Å². The maximum atomic E-state index is 12.5. The van der Waals surface area contributed by atoms with Gasteiger partial charge in [0.05, 0.1) is 18.9 Å². The van der Waals surface area contributed by atoms with Gasteiger partial charge in [-0.05, 0) is 12.5 Å². The molecule has 0 saturated heterocycles. The third-order valence-corrected chi connectivity index (χ3v) is 4.36. The molecule has 166 valence electrons. The molecular weight excluding hydrogens is 404 g/mol. The average molecular weight is 430 g/mol. The Morgan fingerprint density at radius 1 is 1.06 bits per heavy atom. The highest BCUT2D eigenvalue weighted by atomic mass is 16.4. The van der Waals surface area contributed by atoms with Crippen molar-refractivity contribution in [2.75, 3.05) is 6.54 Å². The van der Waals surface area contributed by atoms with Crippen LogP contribution in [-0.2, 0) is 32.0 Å². The lowest BCUT2D eigenvalue weighted by Crippen LogP contribution is -2.54. The van der Waals surface area contributed by atoms with Crippen molar-refractivity contribution in [2.24, 2.45) is 5.73 Å². The predicted octanol–water partition coefficient (Wildman–Crippen LogP) is -1.29. The summed E-state index contributed by atoms with van der Waals surface area (Å²) in [6, 6.07) is 5.89. The van der Waals surface area contributed by atoms with Crippen molar-refractivity contribution in [2.45, 2.75) is 37.9 Å². The fraction of sp³-hybridized carbons (Fsp3) is 0.350. The molecule has 11 heteroatoms. The minimum absolute atomic E-state index is 0.1000. The summed E-state index contributed by atoms with van der Waals surface area (Å²) in [7, 11) is 0. The van der Waals surface area contributed by atoms with Gasteiger partial charge in [0, 0.05) is 24.7 Å². The molecule has 3 amide bonds. The van der Waals surface area contributed by atoms with Gasteiger partial charge in [0.2, 0.25) is 17.7 Å². The first-order chi connectivity index (χ1) is 14.8. The maximum Gasteiger partial charge on any atom is 0.326 e. The fourth-order valence-corrected chi connectivity index (χ4v) is 2.71. The van der Waals surface area contributed by atoms with Gasteiger partial charge in [-0.15, -0.1) is 0 Å². The monoisotopic (exact) mass is 430 g/mol. The number of benzene rings is 1. The van der Waals surface area contributed by atoms with E-state index in [0.29, 0.717) is 5.69 Å². The van der Waals surface area contributed by atoms with Crippen LogP contribution in [0, 0.1) is 0 Å². The number of carboxylic acid groups (broad SMARTS) is 1. The Balaban J connectivity index is 1.93. The van der Waals surface area contributed by atoms with Crippen molar-refractivity contribution >= 4 is 23.7 Å². The van der Waals surface area contributed by atoms with Crippen molar-refractivity contribution in [3.05, 3.63) is 54.1 Å². The summed E-state index contributed by atoms with van der Waals surface area (Å²) < 4.78 is 0. The first kappa shape index (κ1) is 23.5. The van der Waals surface area contributed by atoms with E-state index in [4.69, 9.17) is 5.73 Å². The van der Waals surface area contributed by atoms with Crippen LogP contribution in [0.5, 0.6) is 0 Å². The highest BCUT2D eigenvalue weighted by Crippen LogP contribution is 2.04. The number of imidazole rings is 1. The van der Waals surface area contributed by atoms with E-state index < -0.39 is 48.4 Å². The van der Waals surface area contributed by atoms with E-state index in [0.717, 1.165) is 5.56 Å². The maximum absolute atomic E-state index is 12.5. The standard InChI is InChI=1S/C20H26N6O5/c1-12(21)18(28)26-15(8-14-9-22-11-24-14)19(29)23-10-17(27)25-16(20(30)31)7-13-5-3-2-4-6-13/h2-6,9,11-12,15-16H,7-8,10,21H2,1H3,(H,22,24)(H,23,29)(H,25,27)(H,26,28)(H,30,31). The summed E-state index contributed by atoms with van der Waals surface area (Å²) in [6.45, 7) is 1.03. The number of aromatic nitrogens is 2. The van der Waals surface area contributed by atoms with Crippen LogP contribution in [0.2, 0.25) is 0 Å². The Morgan fingerprint density at radius 3 is 2.35 bits per heavy atom. The van der Waals surface area contributed by atoms with E-state index in [1.165, 1.54) is 19.4 Å². The minimum Gasteiger partial charge on any atom is -0.480 e. The van der Waals surface area contributed by atoms with Gasteiger partial charge in [-0.2, -0.15) is 0 Å². The van der Waals surface area contributed by atoms with Crippen LogP contribution in [0.4, 0.5) is 0 Å². The summed E-state index contributed by atoms with van der Waals surface area (Å²) in [5.74, 6) is -3.01. The smallest absolute Gasteiger partial charge is 0.326 e. The first-order valence-corrected chi connectivity index (χ1v) is 9.63. The number of nitrogens with two attached hydrogens (primary N) is 1. The molecule has 0 aliphatic carbocycles. The van der Waals surface area contributed by atoms with Crippen molar-refractivity contribution in [3.63, 3.8) is 0 Å².